The van der Waals surface area contributed by atoms with Crippen molar-refractivity contribution in [1.29, 1.82) is 0 Å². The van der Waals surface area contributed by atoms with Gasteiger partial charge in [-0.05, 0) is 49.9 Å². The van der Waals surface area contributed by atoms with Crippen LogP contribution in [0.5, 0.6) is 0 Å². The Morgan fingerprint density at radius 1 is 1.30 bits per heavy atom. The summed E-state index contributed by atoms with van der Waals surface area (Å²) in [5.41, 5.74) is 12.9. The summed E-state index contributed by atoms with van der Waals surface area (Å²) < 4.78 is 13.0. The first-order valence-electron chi connectivity index (χ1n) is 7.85. The molecule has 0 aliphatic carbocycles. The van der Waals surface area contributed by atoms with Gasteiger partial charge in [-0.25, -0.2) is 15.2 Å². The zero-order valence-electron chi connectivity index (χ0n) is 13.2. The predicted molar refractivity (Wildman–Crippen MR) is 89.4 cm³/mol. The molecule has 2 aliphatic heterocycles. The Morgan fingerprint density at radius 3 is 2.61 bits per heavy atom. The second-order valence-corrected chi connectivity index (χ2v) is 6.36. The first-order chi connectivity index (χ1) is 10.6. The lowest BCUT2D eigenvalue weighted by Crippen LogP contribution is -2.47. The molecule has 7 heteroatoms. The van der Waals surface area contributed by atoms with Gasteiger partial charge in [-0.1, -0.05) is 12.1 Å². The molecule has 2 fully saturated rings. The van der Waals surface area contributed by atoms with Gasteiger partial charge < -0.3 is 10.6 Å². The Morgan fingerprint density at radius 2 is 2.00 bits per heavy atom. The van der Waals surface area contributed by atoms with Crippen LogP contribution in [0, 0.1) is 11.7 Å². The van der Waals surface area contributed by atoms with Crippen LogP contribution in [0.4, 0.5) is 4.39 Å². The van der Waals surface area contributed by atoms with Crippen molar-refractivity contribution in [1.82, 2.24) is 15.8 Å². The van der Waals surface area contributed by atoms with E-state index in [1.54, 1.807) is 12.1 Å². The van der Waals surface area contributed by atoms with E-state index in [0.29, 0.717) is 18.9 Å². The lowest BCUT2D eigenvalue weighted by molar-refractivity contribution is -0.133. The number of rotatable bonds is 3. The molecular weight excluding hydrogens is 319 g/mol. The molecule has 4 atom stereocenters. The minimum atomic E-state index is -0.249. The molecule has 1 aromatic rings. The molecule has 1 aromatic carbocycles. The van der Waals surface area contributed by atoms with E-state index in [1.807, 2.05) is 4.90 Å². The van der Waals surface area contributed by atoms with E-state index in [0.717, 1.165) is 18.5 Å². The summed E-state index contributed by atoms with van der Waals surface area (Å²) in [5, 5.41) is 0. The third-order valence-corrected chi connectivity index (χ3v) is 4.75. The maximum atomic E-state index is 13.0. The molecule has 2 aliphatic rings. The third kappa shape index (κ3) is 3.83. The number of hydrogen-bond acceptors (Lipinski definition) is 4. The SMILES string of the molecule is CC1CC(CN)CN1C(=O)C1CC(c2ccc(F)cc2)NN1.Cl. The largest absolute Gasteiger partial charge is 0.338 e. The van der Waals surface area contributed by atoms with Crippen molar-refractivity contribution in [3.05, 3.63) is 35.6 Å². The molecule has 0 spiro atoms. The van der Waals surface area contributed by atoms with Crippen LogP contribution in [-0.4, -0.2) is 36.0 Å². The maximum Gasteiger partial charge on any atom is 0.241 e. The van der Waals surface area contributed by atoms with Crippen molar-refractivity contribution in [2.45, 2.75) is 37.9 Å². The van der Waals surface area contributed by atoms with Crippen molar-refractivity contribution < 1.29 is 9.18 Å². The molecule has 4 unspecified atom stereocenters. The van der Waals surface area contributed by atoms with E-state index in [2.05, 4.69) is 17.8 Å². The van der Waals surface area contributed by atoms with Crippen LogP contribution in [0.15, 0.2) is 24.3 Å². The fourth-order valence-electron chi connectivity index (χ4n) is 3.45. The summed E-state index contributed by atoms with van der Waals surface area (Å²) in [6.07, 6.45) is 1.64. The predicted octanol–water partition coefficient (Wildman–Crippen LogP) is 1.35. The highest BCUT2D eigenvalue weighted by molar-refractivity contribution is 5.85. The van der Waals surface area contributed by atoms with Gasteiger partial charge in [0.25, 0.3) is 0 Å². The van der Waals surface area contributed by atoms with Crippen molar-refractivity contribution in [2.24, 2.45) is 11.7 Å². The minimum Gasteiger partial charge on any atom is -0.338 e. The zero-order chi connectivity index (χ0) is 15.7. The highest BCUT2D eigenvalue weighted by atomic mass is 35.5. The van der Waals surface area contributed by atoms with Crippen LogP contribution in [0.3, 0.4) is 0 Å². The molecule has 1 amide bonds. The van der Waals surface area contributed by atoms with Crippen LogP contribution in [0.25, 0.3) is 0 Å². The number of amides is 1. The van der Waals surface area contributed by atoms with Gasteiger partial charge in [-0.3, -0.25) is 4.79 Å². The third-order valence-electron chi connectivity index (χ3n) is 4.75. The number of benzene rings is 1. The molecule has 0 saturated carbocycles. The summed E-state index contributed by atoms with van der Waals surface area (Å²) >= 11 is 0. The zero-order valence-corrected chi connectivity index (χ0v) is 14.0. The molecule has 5 nitrogen and oxygen atoms in total. The van der Waals surface area contributed by atoms with E-state index in [4.69, 9.17) is 5.73 Å². The summed E-state index contributed by atoms with van der Waals surface area (Å²) in [7, 11) is 0. The van der Waals surface area contributed by atoms with Crippen LogP contribution in [-0.2, 0) is 4.79 Å². The van der Waals surface area contributed by atoms with Crippen molar-refractivity contribution in [2.75, 3.05) is 13.1 Å². The summed E-state index contributed by atoms with van der Waals surface area (Å²) in [6.45, 7) is 3.45. The van der Waals surface area contributed by atoms with Crippen LogP contribution >= 0.6 is 12.4 Å². The maximum absolute atomic E-state index is 13.0. The van der Waals surface area contributed by atoms with E-state index >= 15 is 0 Å². The van der Waals surface area contributed by atoms with Gasteiger partial charge in [-0.2, -0.15) is 0 Å². The second-order valence-electron chi connectivity index (χ2n) is 6.36. The van der Waals surface area contributed by atoms with Crippen molar-refractivity contribution in [3.8, 4) is 0 Å². The topological polar surface area (TPSA) is 70.4 Å². The van der Waals surface area contributed by atoms with E-state index in [1.165, 1.54) is 12.1 Å². The quantitative estimate of drug-likeness (QED) is 0.775. The minimum absolute atomic E-state index is 0. The number of nitrogens with one attached hydrogen (secondary N) is 2. The van der Waals surface area contributed by atoms with E-state index in [9.17, 15) is 9.18 Å². The molecule has 3 rings (SSSR count). The lowest BCUT2D eigenvalue weighted by Gasteiger charge is -2.24. The number of hydrazine groups is 1. The first-order valence-corrected chi connectivity index (χ1v) is 7.85. The van der Waals surface area contributed by atoms with Crippen molar-refractivity contribution in [3.63, 3.8) is 0 Å². The fraction of sp³-hybridized carbons (Fsp3) is 0.562. The van der Waals surface area contributed by atoms with Crippen LogP contribution < -0.4 is 16.6 Å². The smallest absolute Gasteiger partial charge is 0.241 e. The van der Waals surface area contributed by atoms with E-state index < -0.39 is 0 Å². The highest BCUT2D eigenvalue weighted by Crippen LogP contribution is 2.27. The molecule has 0 radical (unpaired) electrons. The number of carbonyl (C=O) groups is 1. The Bertz CT molecular complexity index is 541. The Balaban J connectivity index is 0.00000192. The van der Waals surface area contributed by atoms with Crippen LogP contribution in [0.1, 0.15) is 31.4 Å². The number of nitrogens with two attached hydrogens (primary N) is 1. The normalized spacial score (nSPS) is 30.3. The van der Waals surface area contributed by atoms with Gasteiger partial charge in [0.15, 0.2) is 0 Å². The molecule has 4 N–H and O–H groups in total. The Hall–Kier alpha value is -1.21. The fourth-order valence-corrected chi connectivity index (χ4v) is 3.45. The average Bonchev–Trinajstić information content (AvgIpc) is 3.14. The van der Waals surface area contributed by atoms with Gasteiger partial charge in [0.05, 0.1) is 0 Å². The van der Waals surface area contributed by atoms with Gasteiger partial charge in [-0.15, -0.1) is 12.4 Å². The molecule has 0 aromatic heterocycles. The number of carbonyl (C=O) groups excluding carboxylic acids is 1. The highest BCUT2D eigenvalue weighted by Gasteiger charge is 2.38. The summed E-state index contributed by atoms with van der Waals surface area (Å²) in [6, 6.07) is 6.43. The lowest BCUT2D eigenvalue weighted by atomic mass is 10.0. The molecule has 2 saturated heterocycles. The van der Waals surface area contributed by atoms with E-state index in [-0.39, 0.29) is 42.3 Å². The van der Waals surface area contributed by atoms with Crippen molar-refractivity contribution >= 4 is 18.3 Å². The number of hydrogen-bond donors (Lipinski definition) is 3. The second kappa shape index (κ2) is 7.57. The molecule has 23 heavy (non-hydrogen) atoms. The Labute approximate surface area is 142 Å². The van der Waals surface area contributed by atoms with Gasteiger partial charge >= 0.3 is 0 Å². The monoisotopic (exact) mass is 342 g/mol. The average molecular weight is 343 g/mol. The summed E-state index contributed by atoms with van der Waals surface area (Å²) in [4.78, 5) is 14.6. The Kier molecular flexibility index (Phi) is 5.97. The standard InChI is InChI=1S/C16H23FN4O.ClH/c1-10-6-11(8-18)9-21(10)16(22)15-7-14(19-20-15)12-2-4-13(17)5-3-12;/h2-5,10-11,14-15,19-20H,6-9,18H2,1H3;1H. The molecule has 128 valence electrons. The molecule has 0 bridgehead atoms. The molecule has 2 heterocycles. The number of likely N-dealkylation sites (tertiary alicyclic amines) is 1. The number of halogens is 2. The summed E-state index contributed by atoms with van der Waals surface area (Å²) in [5.74, 6) is 0.280. The van der Waals surface area contributed by atoms with Gasteiger partial charge in [0.1, 0.15) is 11.9 Å². The van der Waals surface area contributed by atoms with Crippen LogP contribution in [0.2, 0.25) is 0 Å². The van der Waals surface area contributed by atoms with Gasteiger partial charge in [0, 0.05) is 18.6 Å². The first kappa shape index (κ1) is 18.1. The molecular formula is C16H24ClFN4O. The number of nitrogens with zero attached hydrogens (tertiary/aromatic N) is 1. The van der Waals surface area contributed by atoms with Gasteiger partial charge in [0.2, 0.25) is 5.91 Å².